The topological polar surface area (TPSA) is 237 Å². The second kappa shape index (κ2) is 64.1. The average Bonchev–Trinajstić information content (AvgIpc) is 2.95. The van der Waals surface area contributed by atoms with Crippen molar-refractivity contribution in [2.45, 2.75) is 387 Å². The number of carbonyl (C=O) groups is 4. The van der Waals surface area contributed by atoms with Crippen molar-refractivity contribution in [2.75, 3.05) is 39.6 Å². The van der Waals surface area contributed by atoms with E-state index in [9.17, 15) is 43.2 Å². The van der Waals surface area contributed by atoms with Crippen molar-refractivity contribution in [3.8, 4) is 0 Å². The number of hydrogen-bond donors (Lipinski definition) is 3. The summed E-state index contributed by atoms with van der Waals surface area (Å²) >= 11 is 0. The van der Waals surface area contributed by atoms with E-state index >= 15 is 0 Å². The van der Waals surface area contributed by atoms with E-state index in [1.807, 2.05) is 0 Å². The Morgan fingerprint density at radius 2 is 0.560 bits per heavy atom. The van der Waals surface area contributed by atoms with Gasteiger partial charge in [0.05, 0.1) is 26.4 Å². The number of carbonyl (C=O) groups excluding carboxylic acids is 4. The molecule has 0 aliphatic heterocycles. The number of unbranched alkanes of at least 4 members (excludes halogenated alkanes) is 40. The fraction of sp³-hybridized carbons (Fsp3) is 0.944. The van der Waals surface area contributed by atoms with E-state index in [1.165, 1.54) is 180 Å². The maximum atomic E-state index is 13.0. The van der Waals surface area contributed by atoms with Gasteiger partial charge in [0, 0.05) is 25.7 Å². The molecule has 19 heteroatoms. The molecule has 91 heavy (non-hydrogen) atoms. The molecule has 0 aromatic heterocycles. The van der Waals surface area contributed by atoms with Crippen molar-refractivity contribution in [2.24, 2.45) is 11.8 Å². The molecule has 17 nitrogen and oxygen atoms in total. The highest BCUT2D eigenvalue weighted by Crippen LogP contribution is 2.45. The third-order valence-corrected chi connectivity index (χ3v) is 19.0. The minimum Gasteiger partial charge on any atom is -0.462 e. The molecule has 0 fully saturated rings. The van der Waals surface area contributed by atoms with Crippen molar-refractivity contribution in [3.63, 3.8) is 0 Å². The molecule has 0 saturated carbocycles. The average molecular weight is 1340 g/mol. The first kappa shape index (κ1) is 89.1. The van der Waals surface area contributed by atoms with Crippen LogP contribution in [0, 0.1) is 11.8 Å². The van der Waals surface area contributed by atoms with E-state index in [2.05, 4.69) is 41.5 Å². The van der Waals surface area contributed by atoms with Crippen molar-refractivity contribution in [1.29, 1.82) is 0 Å². The van der Waals surface area contributed by atoms with E-state index in [4.69, 9.17) is 37.0 Å². The smallest absolute Gasteiger partial charge is 0.462 e. The number of phosphoric acid groups is 2. The predicted octanol–water partition coefficient (Wildman–Crippen LogP) is 20.8. The molecule has 0 saturated heterocycles. The third kappa shape index (κ3) is 65.1. The summed E-state index contributed by atoms with van der Waals surface area (Å²) in [6.07, 6.45) is 50.1. The molecule has 0 aliphatic carbocycles. The lowest BCUT2D eigenvalue weighted by Gasteiger charge is -2.21. The summed E-state index contributed by atoms with van der Waals surface area (Å²) in [6.45, 7) is 9.55. The van der Waals surface area contributed by atoms with Crippen LogP contribution >= 0.6 is 15.6 Å². The zero-order chi connectivity index (χ0) is 67.2. The Balaban J connectivity index is 5.13. The molecule has 0 aromatic rings. The largest absolute Gasteiger partial charge is 0.472 e. The molecule has 0 amide bonds. The summed E-state index contributed by atoms with van der Waals surface area (Å²) in [5, 5.41) is 10.6. The number of aliphatic hydroxyl groups is 1. The fourth-order valence-electron chi connectivity index (χ4n) is 10.9. The summed E-state index contributed by atoms with van der Waals surface area (Å²) in [4.78, 5) is 72.4. The van der Waals surface area contributed by atoms with Gasteiger partial charge in [-0.3, -0.25) is 37.3 Å². The van der Waals surface area contributed by atoms with Crippen LogP contribution in [0.4, 0.5) is 0 Å². The van der Waals surface area contributed by atoms with Crippen molar-refractivity contribution >= 4 is 39.5 Å². The van der Waals surface area contributed by atoms with Crippen LogP contribution in [0.5, 0.6) is 0 Å². The first-order chi connectivity index (χ1) is 43.9. The van der Waals surface area contributed by atoms with Gasteiger partial charge < -0.3 is 33.8 Å². The molecule has 3 N–H and O–H groups in total. The second-order valence-corrected chi connectivity index (χ2v) is 29.6. The maximum Gasteiger partial charge on any atom is 0.472 e. The second-order valence-electron chi connectivity index (χ2n) is 26.7. The summed E-state index contributed by atoms with van der Waals surface area (Å²) < 4.78 is 68.2. The van der Waals surface area contributed by atoms with Crippen LogP contribution in [0.15, 0.2) is 0 Å². The number of rotatable bonds is 71. The molecule has 6 atom stereocenters. The van der Waals surface area contributed by atoms with Crippen LogP contribution < -0.4 is 0 Å². The Morgan fingerprint density at radius 1 is 0.319 bits per heavy atom. The molecular weight excluding hydrogens is 1200 g/mol. The van der Waals surface area contributed by atoms with Crippen LogP contribution in [0.25, 0.3) is 0 Å². The molecule has 540 valence electrons. The molecule has 3 unspecified atom stereocenters. The number of esters is 4. The SMILES string of the molecule is CCCCCCCCCCCCC(=O)O[C@H](COC(=O)CCCCCCCCCC)COP(=O)(O)OC[C@H](O)COP(=O)(O)OC[C@@H](COC(=O)CCCCCCCCCCC(C)C)OC(=O)CCCCCCCCCCCCCCCCCCCCC(C)CC. The Labute approximate surface area is 556 Å². The first-order valence-corrected chi connectivity index (χ1v) is 40.5. The van der Waals surface area contributed by atoms with Crippen molar-refractivity contribution < 1.29 is 80.2 Å². The van der Waals surface area contributed by atoms with Crippen LogP contribution in [0.1, 0.15) is 369 Å². The molecule has 0 radical (unpaired) electrons. The molecule has 0 spiro atoms. The molecular formula is C72H140O17P2. The van der Waals surface area contributed by atoms with Gasteiger partial charge in [0.1, 0.15) is 19.3 Å². The standard InChI is InChI=1S/C72H140O17P2/c1-7-10-12-14-16-18-30-38-44-50-56-71(76)88-67(60-82-69(74)54-48-42-36-17-15-13-11-8-2)62-86-90(78,79)84-58-66(73)59-85-91(80,81)87-63-68(61-83-70(75)55-49-43-37-33-32-34-40-46-52-64(4)5)89-72(77)57-51-45-39-31-28-26-24-22-20-19-21-23-25-27-29-35-41-47-53-65(6)9-3/h64-68,73H,7-63H2,1-6H3,(H,78,79)(H,80,81)/t65?,66-,67+,68+/m0/s1. The Bertz CT molecular complexity index is 1770. The van der Waals surface area contributed by atoms with Crippen LogP contribution in [-0.4, -0.2) is 96.7 Å². The molecule has 0 rings (SSSR count). The van der Waals surface area contributed by atoms with Gasteiger partial charge >= 0.3 is 39.5 Å². The van der Waals surface area contributed by atoms with Gasteiger partial charge in [-0.1, -0.05) is 318 Å². The summed E-state index contributed by atoms with van der Waals surface area (Å²) in [6, 6.07) is 0. The molecule has 0 aromatic carbocycles. The van der Waals surface area contributed by atoms with E-state index < -0.39 is 97.5 Å². The third-order valence-electron chi connectivity index (χ3n) is 17.1. The van der Waals surface area contributed by atoms with Gasteiger partial charge in [0.15, 0.2) is 12.2 Å². The highest BCUT2D eigenvalue weighted by Gasteiger charge is 2.30. The Hall–Kier alpha value is -1.94. The van der Waals surface area contributed by atoms with E-state index in [0.29, 0.717) is 25.7 Å². The summed E-state index contributed by atoms with van der Waals surface area (Å²) in [7, 11) is -9.90. The number of phosphoric ester groups is 2. The lowest BCUT2D eigenvalue weighted by molar-refractivity contribution is -0.161. The molecule has 0 heterocycles. The zero-order valence-electron chi connectivity index (χ0n) is 59.1. The minimum atomic E-state index is -4.95. The van der Waals surface area contributed by atoms with Gasteiger partial charge in [-0.15, -0.1) is 0 Å². The monoisotopic (exact) mass is 1340 g/mol. The molecule has 0 bridgehead atoms. The quantitative estimate of drug-likeness (QED) is 0.0222. The van der Waals surface area contributed by atoms with E-state index in [0.717, 1.165) is 108 Å². The lowest BCUT2D eigenvalue weighted by Crippen LogP contribution is -2.30. The maximum absolute atomic E-state index is 13.0. The highest BCUT2D eigenvalue weighted by molar-refractivity contribution is 7.47. The van der Waals surface area contributed by atoms with Crippen LogP contribution in [0.3, 0.4) is 0 Å². The van der Waals surface area contributed by atoms with Gasteiger partial charge in [0.25, 0.3) is 0 Å². The van der Waals surface area contributed by atoms with Gasteiger partial charge in [-0.25, -0.2) is 9.13 Å². The predicted molar refractivity (Wildman–Crippen MR) is 368 cm³/mol. The minimum absolute atomic E-state index is 0.106. The summed E-state index contributed by atoms with van der Waals surface area (Å²) in [5.41, 5.74) is 0. The highest BCUT2D eigenvalue weighted by atomic mass is 31.2. The van der Waals surface area contributed by atoms with E-state index in [1.54, 1.807) is 0 Å². The fourth-order valence-corrected chi connectivity index (χ4v) is 12.5. The first-order valence-electron chi connectivity index (χ1n) is 37.5. The van der Waals surface area contributed by atoms with Gasteiger partial charge in [0.2, 0.25) is 0 Å². The van der Waals surface area contributed by atoms with Gasteiger partial charge in [-0.05, 0) is 37.5 Å². The Morgan fingerprint density at radius 3 is 0.835 bits per heavy atom. The van der Waals surface area contributed by atoms with Gasteiger partial charge in [-0.2, -0.15) is 0 Å². The number of aliphatic hydroxyl groups excluding tert-OH is 1. The molecule has 0 aliphatic rings. The van der Waals surface area contributed by atoms with Crippen molar-refractivity contribution in [1.82, 2.24) is 0 Å². The number of ether oxygens (including phenoxy) is 4. The van der Waals surface area contributed by atoms with Crippen LogP contribution in [0.2, 0.25) is 0 Å². The summed E-state index contributed by atoms with van der Waals surface area (Å²) in [5.74, 6) is -0.529. The lowest BCUT2D eigenvalue weighted by atomic mass is 9.99. The van der Waals surface area contributed by atoms with Crippen LogP contribution in [-0.2, 0) is 65.4 Å². The zero-order valence-corrected chi connectivity index (χ0v) is 60.9. The number of hydrogen-bond acceptors (Lipinski definition) is 15. The van der Waals surface area contributed by atoms with Crippen molar-refractivity contribution in [3.05, 3.63) is 0 Å². The Kier molecular flexibility index (Phi) is 62.7. The normalized spacial score (nSPS) is 14.4. The van der Waals surface area contributed by atoms with E-state index in [-0.39, 0.29) is 25.7 Å².